The second-order valence-corrected chi connectivity index (χ2v) is 8.60. The van der Waals surface area contributed by atoms with Crippen LogP contribution in [-0.4, -0.2) is 29.3 Å². The summed E-state index contributed by atoms with van der Waals surface area (Å²) in [6.07, 6.45) is 15.7. The number of carbonyl (C=O) groups excluding carboxylic acids is 1. The molecule has 0 spiro atoms. The Hall–Kier alpha value is -2.92. The van der Waals surface area contributed by atoms with E-state index >= 15 is 0 Å². The van der Waals surface area contributed by atoms with Gasteiger partial charge < -0.3 is 14.9 Å². The van der Waals surface area contributed by atoms with Gasteiger partial charge in [0.1, 0.15) is 6.61 Å². The lowest BCUT2D eigenvalue weighted by atomic mass is 10.0. The van der Waals surface area contributed by atoms with Gasteiger partial charge in [-0.2, -0.15) is 0 Å². The average Bonchev–Trinajstić information content (AvgIpc) is 2.79. The van der Waals surface area contributed by atoms with Crippen LogP contribution in [0.1, 0.15) is 85.6 Å². The van der Waals surface area contributed by atoms with Gasteiger partial charge in [-0.25, -0.2) is 0 Å². The maximum atomic E-state index is 10.4. The van der Waals surface area contributed by atoms with E-state index in [0.29, 0.717) is 6.61 Å². The molecule has 0 amide bonds. The number of esters is 1. The van der Waals surface area contributed by atoms with Crippen LogP contribution in [0, 0.1) is 0 Å². The molecule has 0 saturated heterocycles. The van der Waals surface area contributed by atoms with E-state index in [-0.39, 0.29) is 19.0 Å². The highest BCUT2D eigenvalue weighted by molar-refractivity contribution is 5.65. The van der Waals surface area contributed by atoms with Gasteiger partial charge >= 0.3 is 5.97 Å². The number of aliphatic hydroxyl groups excluding tert-OH is 1. The molecule has 1 rings (SSSR count). The van der Waals surface area contributed by atoms with E-state index in [2.05, 4.69) is 52.8 Å². The molecule has 0 aliphatic heterocycles. The molecule has 0 aliphatic carbocycles. The molecule has 5 nitrogen and oxygen atoms in total. The molecule has 0 atom stereocenters. The van der Waals surface area contributed by atoms with Gasteiger partial charge in [0, 0.05) is 6.92 Å². The summed E-state index contributed by atoms with van der Waals surface area (Å²) in [4.78, 5) is 18.8. The van der Waals surface area contributed by atoms with Gasteiger partial charge in [0.05, 0.1) is 6.61 Å². The number of carboxylic acid groups (broad SMARTS) is 1. The maximum absolute atomic E-state index is 10.4. The fraction of sp³-hybridized carbons (Fsp3) is 0.467. The first-order valence-corrected chi connectivity index (χ1v) is 12.1. The molecule has 35 heavy (non-hydrogen) atoms. The lowest BCUT2D eigenvalue weighted by Gasteiger charge is -2.02. The average molecular weight is 487 g/mol. The Morgan fingerprint density at radius 3 is 1.60 bits per heavy atom. The molecule has 1 aromatic rings. The van der Waals surface area contributed by atoms with Gasteiger partial charge in [-0.1, -0.05) is 76.9 Å². The molecular weight excluding hydrogens is 440 g/mol. The number of carbonyl (C=O) groups is 2. The van der Waals surface area contributed by atoms with Crippen molar-refractivity contribution >= 4 is 12.4 Å². The Morgan fingerprint density at radius 2 is 1.20 bits per heavy atom. The van der Waals surface area contributed by atoms with Crippen LogP contribution in [0.4, 0.5) is 0 Å². The SMILES string of the molecule is CC(=O)OCc1ccccc1.CC(C)=CCCC(C)=CCCC(C)=CCCC(C)=CCO.O=CO. The van der Waals surface area contributed by atoms with Crippen molar-refractivity contribution in [1.82, 2.24) is 0 Å². The van der Waals surface area contributed by atoms with E-state index in [1.54, 1.807) is 0 Å². The van der Waals surface area contributed by atoms with Crippen LogP contribution in [0.5, 0.6) is 0 Å². The smallest absolute Gasteiger partial charge is 0.302 e. The molecule has 5 heteroatoms. The molecule has 196 valence electrons. The van der Waals surface area contributed by atoms with E-state index < -0.39 is 0 Å². The highest BCUT2D eigenvalue weighted by Gasteiger charge is 1.94. The first kappa shape index (κ1) is 34.2. The standard InChI is InChI=1S/C20H34O.C9H10O2.CH2O2/c1-17(2)9-6-10-18(3)11-7-12-19(4)13-8-14-20(5)15-16-21;1-8(10)11-7-9-5-3-2-4-6-9;2-1-3/h9,11,13,15,21H,6-8,10,12,14,16H2,1-5H3;2-6H,7H2,1H3;1H,(H,2,3). The first-order chi connectivity index (χ1) is 16.7. The third kappa shape index (κ3) is 27.2. The number of hydrogen-bond acceptors (Lipinski definition) is 4. The van der Waals surface area contributed by atoms with Crippen LogP contribution >= 0.6 is 0 Å². The monoisotopic (exact) mass is 486 g/mol. The van der Waals surface area contributed by atoms with Crippen LogP contribution in [0.2, 0.25) is 0 Å². The van der Waals surface area contributed by atoms with E-state index in [9.17, 15) is 4.79 Å². The van der Waals surface area contributed by atoms with E-state index in [4.69, 9.17) is 19.7 Å². The summed E-state index contributed by atoms with van der Waals surface area (Å²) in [5.41, 5.74) is 6.67. The van der Waals surface area contributed by atoms with Gasteiger partial charge in [-0.15, -0.1) is 0 Å². The second kappa shape index (κ2) is 24.2. The van der Waals surface area contributed by atoms with E-state index in [1.165, 1.54) is 35.6 Å². The van der Waals surface area contributed by atoms with Crippen molar-refractivity contribution in [1.29, 1.82) is 0 Å². The van der Waals surface area contributed by atoms with Gasteiger partial charge in [0.25, 0.3) is 6.47 Å². The van der Waals surface area contributed by atoms with Crippen molar-refractivity contribution in [2.75, 3.05) is 6.61 Å². The minimum atomic E-state index is -0.250. The third-order valence-corrected chi connectivity index (χ3v) is 4.88. The number of benzene rings is 1. The zero-order valence-corrected chi connectivity index (χ0v) is 22.5. The molecule has 0 aliphatic rings. The van der Waals surface area contributed by atoms with Crippen molar-refractivity contribution in [3.05, 3.63) is 82.5 Å². The van der Waals surface area contributed by atoms with Gasteiger partial charge in [-0.05, 0) is 78.7 Å². The summed E-state index contributed by atoms with van der Waals surface area (Å²) >= 11 is 0. The van der Waals surface area contributed by atoms with E-state index in [1.807, 2.05) is 36.4 Å². The topological polar surface area (TPSA) is 83.8 Å². The van der Waals surface area contributed by atoms with Gasteiger partial charge in [-0.3, -0.25) is 9.59 Å². The summed E-state index contributed by atoms with van der Waals surface area (Å²) in [6.45, 7) is 12.5. The van der Waals surface area contributed by atoms with Gasteiger partial charge in [0.2, 0.25) is 0 Å². The Morgan fingerprint density at radius 1 is 0.771 bits per heavy atom. The number of allylic oxidation sites excluding steroid dienone is 7. The Balaban J connectivity index is 0. The molecule has 0 heterocycles. The zero-order valence-electron chi connectivity index (χ0n) is 22.5. The van der Waals surface area contributed by atoms with Crippen LogP contribution in [0.3, 0.4) is 0 Å². The summed E-state index contributed by atoms with van der Waals surface area (Å²) < 4.78 is 4.79. The van der Waals surface area contributed by atoms with E-state index in [0.717, 1.165) is 37.7 Å². The first-order valence-electron chi connectivity index (χ1n) is 12.1. The van der Waals surface area contributed by atoms with Crippen LogP contribution in [-0.2, 0) is 20.9 Å². The normalized spacial score (nSPS) is 11.3. The molecule has 0 aromatic heterocycles. The molecule has 0 saturated carbocycles. The molecule has 0 bridgehead atoms. The van der Waals surface area contributed by atoms with Crippen molar-refractivity contribution in [2.24, 2.45) is 0 Å². The zero-order chi connectivity index (χ0) is 26.9. The van der Waals surface area contributed by atoms with Gasteiger partial charge in [0.15, 0.2) is 0 Å². The minimum Gasteiger partial charge on any atom is -0.483 e. The van der Waals surface area contributed by atoms with Crippen LogP contribution in [0.15, 0.2) is 76.9 Å². The highest BCUT2D eigenvalue weighted by atomic mass is 16.5. The fourth-order valence-electron chi connectivity index (χ4n) is 2.90. The van der Waals surface area contributed by atoms with Crippen molar-refractivity contribution in [2.45, 2.75) is 86.7 Å². The summed E-state index contributed by atoms with van der Waals surface area (Å²) in [5.74, 6) is -0.242. The highest BCUT2D eigenvalue weighted by Crippen LogP contribution is 2.13. The summed E-state index contributed by atoms with van der Waals surface area (Å²) in [6, 6.07) is 9.60. The van der Waals surface area contributed by atoms with Crippen molar-refractivity contribution in [3.63, 3.8) is 0 Å². The maximum Gasteiger partial charge on any atom is 0.302 e. The number of ether oxygens (including phenoxy) is 1. The molecule has 0 fully saturated rings. The van der Waals surface area contributed by atoms with Crippen molar-refractivity contribution < 1.29 is 24.5 Å². The molecule has 1 aromatic carbocycles. The third-order valence-electron chi connectivity index (χ3n) is 4.88. The van der Waals surface area contributed by atoms with Crippen LogP contribution < -0.4 is 0 Å². The molecule has 0 unspecified atom stereocenters. The predicted octanol–water partition coefficient (Wildman–Crippen LogP) is 7.57. The fourth-order valence-corrected chi connectivity index (χ4v) is 2.90. The Bertz CT molecular complexity index is 797. The number of hydrogen-bond donors (Lipinski definition) is 2. The Kier molecular flexibility index (Phi) is 23.7. The Labute approximate surface area is 212 Å². The molecular formula is C30H46O5. The second-order valence-electron chi connectivity index (χ2n) is 8.60. The quantitative estimate of drug-likeness (QED) is 0.181. The lowest BCUT2D eigenvalue weighted by molar-refractivity contribution is -0.142. The lowest BCUT2D eigenvalue weighted by Crippen LogP contribution is -1.97. The van der Waals surface area contributed by atoms with Crippen LogP contribution in [0.25, 0.3) is 0 Å². The molecule has 2 N–H and O–H groups in total. The number of rotatable bonds is 12. The minimum absolute atomic E-state index is 0.158. The predicted molar refractivity (Wildman–Crippen MR) is 146 cm³/mol. The molecule has 0 radical (unpaired) electrons. The van der Waals surface area contributed by atoms with Crippen molar-refractivity contribution in [3.8, 4) is 0 Å². The summed E-state index contributed by atoms with van der Waals surface area (Å²) in [5, 5.41) is 15.7. The number of aliphatic hydroxyl groups is 1. The largest absolute Gasteiger partial charge is 0.483 e. The summed E-state index contributed by atoms with van der Waals surface area (Å²) in [7, 11) is 0.